The Morgan fingerprint density at radius 3 is 2.20 bits per heavy atom. The molecule has 1 rings (SSSR count). The summed E-state index contributed by atoms with van der Waals surface area (Å²) in [5.74, 6) is 0.795. The summed E-state index contributed by atoms with van der Waals surface area (Å²) >= 11 is 0. The van der Waals surface area contributed by atoms with Crippen LogP contribution >= 0.6 is 0 Å². The fourth-order valence-corrected chi connectivity index (χ4v) is 1.63. The molecular weight excluding hydrogens is 124 g/mol. The van der Waals surface area contributed by atoms with E-state index in [1.54, 1.807) is 0 Å². The van der Waals surface area contributed by atoms with E-state index in [2.05, 4.69) is 6.92 Å². The van der Waals surface area contributed by atoms with Gasteiger partial charge in [0, 0.05) is 7.11 Å². The maximum Gasteiger partial charge on any atom is 0.0596 e. The lowest BCUT2D eigenvalue weighted by Crippen LogP contribution is -2.23. The first-order valence-electron chi connectivity index (χ1n) is 3.87. The van der Waals surface area contributed by atoms with Crippen molar-refractivity contribution in [2.24, 2.45) is 5.92 Å². The molecule has 0 radical (unpaired) electrons. The monoisotopic (exact) mass is 144 g/mol. The van der Waals surface area contributed by atoms with Gasteiger partial charge in [0.2, 0.25) is 0 Å². The zero-order valence-corrected chi connectivity index (χ0v) is 6.39. The molecule has 0 aromatic carbocycles. The molecule has 0 amide bonds. The Kier molecular flexibility index (Phi) is 4.71. The van der Waals surface area contributed by atoms with E-state index in [0.717, 1.165) is 5.92 Å². The second-order valence-electron chi connectivity index (χ2n) is 3.04. The zero-order valence-electron chi connectivity index (χ0n) is 6.39. The third-order valence-corrected chi connectivity index (χ3v) is 2.34. The molecule has 0 N–H and O–H groups in total. The number of ether oxygens (including phenoxy) is 1. The first-order chi connectivity index (χ1) is 4.34. The van der Waals surface area contributed by atoms with Gasteiger partial charge in [-0.3, -0.25) is 0 Å². The molecule has 0 aromatic rings. The highest BCUT2D eigenvalue weighted by atomic mass is 16.5. The molecule has 0 spiro atoms. The van der Waals surface area contributed by atoms with Gasteiger partial charge >= 0.3 is 0 Å². The van der Waals surface area contributed by atoms with Crippen LogP contribution in [0.2, 0.25) is 0 Å². The van der Waals surface area contributed by atoms with Crippen molar-refractivity contribution in [3.8, 4) is 0 Å². The Hall–Kier alpha value is -0.0400. The molecule has 0 aromatic heterocycles. The topological polar surface area (TPSA) is 9.23 Å². The van der Waals surface area contributed by atoms with Crippen LogP contribution in [0.15, 0.2) is 0 Å². The Morgan fingerprint density at radius 2 is 1.80 bits per heavy atom. The molecule has 1 heteroatoms. The standard InChI is InChI=1S/C8H16O.CH4/c1-7-5-3-4-6-8(7)9-2;/h7-8H,3-6H2,1-2H3;1H4. The van der Waals surface area contributed by atoms with Gasteiger partial charge in [-0.15, -0.1) is 0 Å². The first kappa shape index (κ1) is 9.96. The van der Waals surface area contributed by atoms with Gasteiger partial charge in [0.05, 0.1) is 6.10 Å². The molecule has 0 heterocycles. The van der Waals surface area contributed by atoms with Crippen LogP contribution in [-0.4, -0.2) is 13.2 Å². The molecule has 2 atom stereocenters. The summed E-state index contributed by atoms with van der Waals surface area (Å²) in [6, 6.07) is 0. The molecule has 62 valence electrons. The third kappa shape index (κ3) is 2.30. The molecule has 1 aliphatic carbocycles. The van der Waals surface area contributed by atoms with Gasteiger partial charge in [-0.2, -0.15) is 0 Å². The van der Waals surface area contributed by atoms with Crippen LogP contribution in [-0.2, 0) is 4.74 Å². The Labute approximate surface area is 64.8 Å². The van der Waals surface area contributed by atoms with Gasteiger partial charge in [-0.1, -0.05) is 27.2 Å². The second-order valence-corrected chi connectivity index (χ2v) is 3.04. The molecule has 1 fully saturated rings. The van der Waals surface area contributed by atoms with Crippen molar-refractivity contribution < 1.29 is 4.74 Å². The summed E-state index contributed by atoms with van der Waals surface area (Å²) in [4.78, 5) is 0. The first-order valence-corrected chi connectivity index (χ1v) is 3.87. The smallest absolute Gasteiger partial charge is 0.0596 e. The van der Waals surface area contributed by atoms with Gasteiger partial charge in [-0.25, -0.2) is 0 Å². The van der Waals surface area contributed by atoms with Crippen molar-refractivity contribution in [1.29, 1.82) is 0 Å². The summed E-state index contributed by atoms with van der Waals surface area (Å²) in [6.45, 7) is 2.29. The SMILES string of the molecule is C.COC1CCCCC1C. The van der Waals surface area contributed by atoms with E-state index < -0.39 is 0 Å². The van der Waals surface area contributed by atoms with Crippen molar-refractivity contribution in [2.75, 3.05) is 7.11 Å². The minimum Gasteiger partial charge on any atom is -0.381 e. The van der Waals surface area contributed by atoms with E-state index in [0.29, 0.717) is 6.10 Å². The average Bonchev–Trinajstić information content (AvgIpc) is 1.89. The van der Waals surface area contributed by atoms with Gasteiger partial charge in [0.15, 0.2) is 0 Å². The molecule has 1 aliphatic rings. The van der Waals surface area contributed by atoms with Crippen molar-refractivity contribution in [3.05, 3.63) is 0 Å². The number of hydrogen-bond acceptors (Lipinski definition) is 1. The van der Waals surface area contributed by atoms with E-state index in [1.807, 2.05) is 7.11 Å². The van der Waals surface area contributed by atoms with E-state index in [-0.39, 0.29) is 7.43 Å². The Morgan fingerprint density at radius 1 is 1.20 bits per heavy atom. The molecule has 0 bridgehead atoms. The fourth-order valence-electron chi connectivity index (χ4n) is 1.63. The minimum atomic E-state index is 0. The highest BCUT2D eigenvalue weighted by molar-refractivity contribution is 4.71. The largest absolute Gasteiger partial charge is 0.381 e. The summed E-state index contributed by atoms with van der Waals surface area (Å²) in [5, 5.41) is 0. The second kappa shape index (κ2) is 4.73. The maximum absolute atomic E-state index is 5.30. The molecular formula is C9H20O. The summed E-state index contributed by atoms with van der Waals surface area (Å²) in [7, 11) is 1.83. The van der Waals surface area contributed by atoms with Crippen LogP contribution in [0.4, 0.5) is 0 Å². The van der Waals surface area contributed by atoms with Crippen molar-refractivity contribution >= 4 is 0 Å². The van der Waals surface area contributed by atoms with Crippen molar-refractivity contribution in [1.82, 2.24) is 0 Å². The van der Waals surface area contributed by atoms with Gasteiger partial charge in [0.25, 0.3) is 0 Å². The predicted molar refractivity (Wildman–Crippen MR) is 45.2 cm³/mol. The number of methoxy groups -OCH3 is 1. The highest BCUT2D eigenvalue weighted by Gasteiger charge is 2.19. The summed E-state index contributed by atoms with van der Waals surface area (Å²) < 4.78 is 5.30. The maximum atomic E-state index is 5.30. The van der Waals surface area contributed by atoms with Crippen molar-refractivity contribution in [2.45, 2.75) is 46.1 Å². The van der Waals surface area contributed by atoms with E-state index in [1.165, 1.54) is 25.7 Å². The summed E-state index contributed by atoms with van der Waals surface area (Å²) in [5.41, 5.74) is 0. The lowest BCUT2D eigenvalue weighted by Gasteiger charge is -2.26. The predicted octanol–water partition coefficient (Wildman–Crippen LogP) is 2.85. The van der Waals surface area contributed by atoms with E-state index in [4.69, 9.17) is 4.74 Å². The number of hydrogen-bond donors (Lipinski definition) is 0. The number of rotatable bonds is 1. The lowest BCUT2D eigenvalue weighted by atomic mass is 9.88. The fraction of sp³-hybridized carbons (Fsp3) is 1.00. The van der Waals surface area contributed by atoms with Crippen LogP contribution in [0.1, 0.15) is 40.0 Å². The Bertz CT molecular complexity index is 80.8. The minimum absolute atomic E-state index is 0. The molecule has 1 nitrogen and oxygen atoms in total. The highest BCUT2D eigenvalue weighted by Crippen LogP contribution is 2.25. The van der Waals surface area contributed by atoms with Gasteiger partial charge in [-0.05, 0) is 18.8 Å². The lowest BCUT2D eigenvalue weighted by molar-refractivity contribution is 0.0310. The van der Waals surface area contributed by atoms with Crippen molar-refractivity contribution in [3.63, 3.8) is 0 Å². The average molecular weight is 144 g/mol. The van der Waals surface area contributed by atoms with Crippen LogP contribution in [0, 0.1) is 5.92 Å². The van der Waals surface area contributed by atoms with E-state index in [9.17, 15) is 0 Å². The normalized spacial score (nSPS) is 33.0. The van der Waals surface area contributed by atoms with Gasteiger partial charge < -0.3 is 4.74 Å². The van der Waals surface area contributed by atoms with Crippen LogP contribution in [0.25, 0.3) is 0 Å². The Balaban J connectivity index is 0.000000810. The van der Waals surface area contributed by atoms with Crippen LogP contribution in [0.3, 0.4) is 0 Å². The third-order valence-electron chi connectivity index (χ3n) is 2.34. The molecule has 1 saturated carbocycles. The summed E-state index contributed by atoms with van der Waals surface area (Å²) in [6.07, 6.45) is 5.96. The molecule has 0 saturated heterocycles. The molecule has 10 heavy (non-hydrogen) atoms. The van der Waals surface area contributed by atoms with E-state index >= 15 is 0 Å². The van der Waals surface area contributed by atoms with Crippen LogP contribution < -0.4 is 0 Å². The molecule has 0 aliphatic heterocycles. The molecule has 2 unspecified atom stereocenters. The van der Waals surface area contributed by atoms with Gasteiger partial charge in [0.1, 0.15) is 0 Å². The van der Waals surface area contributed by atoms with Crippen LogP contribution in [0.5, 0.6) is 0 Å². The zero-order chi connectivity index (χ0) is 6.69. The quantitative estimate of drug-likeness (QED) is 0.550.